The number of rotatable bonds is 15. The number of nitrogens with one attached hydrogen (secondary N) is 3. The highest BCUT2D eigenvalue weighted by atomic mass is 32.2. The Bertz CT molecular complexity index is 691. The van der Waals surface area contributed by atoms with Gasteiger partial charge >= 0.3 is 5.97 Å². The predicted molar refractivity (Wildman–Crippen MR) is 109 cm³/mol. The lowest BCUT2D eigenvalue weighted by molar-refractivity contribution is -0.142. The van der Waals surface area contributed by atoms with Gasteiger partial charge in [0.2, 0.25) is 29.5 Å². The van der Waals surface area contributed by atoms with Gasteiger partial charge in [0, 0.05) is 0 Å². The third-order valence-electron chi connectivity index (χ3n) is 3.84. The van der Waals surface area contributed by atoms with Gasteiger partial charge in [-0.05, 0) is 18.4 Å². The second-order valence-electron chi connectivity index (χ2n) is 6.43. The maximum Gasteiger partial charge on any atom is 0.326 e. The number of aliphatic carboxylic acids is 1. The monoisotopic (exact) mass is 464 g/mol. The second kappa shape index (κ2) is 14.2. The first kappa shape index (κ1) is 28.1. The Labute approximate surface area is 182 Å². The molecular formula is C16H28N6O8S. The Morgan fingerprint density at radius 1 is 0.839 bits per heavy atom. The molecule has 0 saturated heterocycles. The van der Waals surface area contributed by atoms with Crippen LogP contribution < -0.4 is 33.2 Å². The zero-order valence-corrected chi connectivity index (χ0v) is 17.6. The van der Waals surface area contributed by atoms with E-state index in [9.17, 15) is 33.9 Å². The first-order chi connectivity index (χ1) is 14.4. The van der Waals surface area contributed by atoms with Crippen molar-refractivity contribution in [2.75, 3.05) is 18.6 Å². The number of carboxylic acid groups (broad SMARTS) is 1. The van der Waals surface area contributed by atoms with E-state index in [0.717, 1.165) is 0 Å². The summed E-state index contributed by atoms with van der Waals surface area (Å²) < 4.78 is 0. The first-order valence-electron chi connectivity index (χ1n) is 8.98. The van der Waals surface area contributed by atoms with Gasteiger partial charge in [-0.1, -0.05) is 0 Å². The number of nitrogens with two attached hydrogens (primary N) is 3. The van der Waals surface area contributed by atoms with Gasteiger partial charge in [-0.25, -0.2) is 4.79 Å². The van der Waals surface area contributed by atoms with Crippen molar-refractivity contribution >= 4 is 47.3 Å². The van der Waals surface area contributed by atoms with Crippen LogP contribution in [0, 0.1) is 0 Å². The lowest BCUT2D eigenvalue weighted by atomic mass is 10.1. The predicted octanol–water partition coefficient (Wildman–Crippen LogP) is -4.65. The molecule has 0 aliphatic rings. The highest BCUT2D eigenvalue weighted by Gasteiger charge is 2.31. The molecule has 0 aromatic heterocycles. The SMILES string of the molecule is CSCCC(NC(=O)C(CC(N)=O)NC(=O)C(CC(N)=O)NC(=O)C(N)CO)C(=O)O. The molecule has 4 atom stereocenters. The van der Waals surface area contributed by atoms with E-state index >= 15 is 0 Å². The van der Waals surface area contributed by atoms with Crippen LogP contribution in [0.25, 0.3) is 0 Å². The van der Waals surface area contributed by atoms with E-state index in [1.807, 2.05) is 0 Å². The first-order valence-corrected chi connectivity index (χ1v) is 10.4. The van der Waals surface area contributed by atoms with Crippen molar-refractivity contribution in [2.45, 2.75) is 43.4 Å². The number of hydrogen-bond donors (Lipinski definition) is 8. The standard InChI is InChI=1S/C16H28N6O8S/c1-31-3-2-8(16(29)30)20-14(27)10(5-12(19)25)22-15(28)9(4-11(18)24)21-13(26)7(17)6-23/h7-10,23H,2-6,17H2,1H3,(H2,18,24)(H2,19,25)(H,20,27)(H,21,26)(H,22,28)(H,29,30). The Hall–Kier alpha value is -2.91. The van der Waals surface area contributed by atoms with Crippen molar-refractivity contribution in [1.82, 2.24) is 16.0 Å². The van der Waals surface area contributed by atoms with Crippen LogP contribution in [-0.2, 0) is 28.8 Å². The molecule has 15 heteroatoms. The van der Waals surface area contributed by atoms with Crippen LogP contribution in [0.4, 0.5) is 0 Å². The molecule has 0 fully saturated rings. The molecule has 31 heavy (non-hydrogen) atoms. The van der Waals surface area contributed by atoms with Crippen LogP contribution in [0.2, 0.25) is 0 Å². The molecule has 0 bridgehead atoms. The van der Waals surface area contributed by atoms with Gasteiger partial charge in [0.15, 0.2) is 0 Å². The Morgan fingerprint density at radius 3 is 1.61 bits per heavy atom. The summed E-state index contributed by atoms with van der Waals surface area (Å²) in [4.78, 5) is 70.7. The van der Waals surface area contributed by atoms with E-state index in [-0.39, 0.29) is 6.42 Å². The van der Waals surface area contributed by atoms with Gasteiger partial charge in [-0.2, -0.15) is 11.8 Å². The topological polar surface area (TPSA) is 257 Å². The van der Waals surface area contributed by atoms with E-state index in [4.69, 9.17) is 22.3 Å². The fourth-order valence-electron chi connectivity index (χ4n) is 2.22. The fraction of sp³-hybridized carbons (Fsp3) is 0.625. The van der Waals surface area contributed by atoms with Crippen LogP contribution >= 0.6 is 11.8 Å². The number of carbonyl (C=O) groups excluding carboxylic acids is 5. The van der Waals surface area contributed by atoms with Gasteiger partial charge in [-0.3, -0.25) is 24.0 Å². The largest absolute Gasteiger partial charge is 0.480 e. The van der Waals surface area contributed by atoms with Gasteiger partial charge in [-0.15, -0.1) is 0 Å². The molecule has 0 aromatic carbocycles. The summed E-state index contributed by atoms with van der Waals surface area (Å²) >= 11 is 1.35. The molecule has 0 heterocycles. The van der Waals surface area contributed by atoms with Crippen molar-refractivity contribution in [3.05, 3.63) is 0 Å². The van der Waals surface area contributed by atoms with E-state index in [2.05, 4.69) is 16.0 Å². The number of hydrogen-bond acceptors (Lipinski definition) is 9. The minimum Gasteiger partial charge on any atom is -0.480 e. The third kappa shape index (κ3) is 11.2. The van der Waals surface area contributed by atoms with Crippen molar-refractivity contribution in [3.8, 4) is 0 Å². The number of primary amides is 2. The quantitative estimate of drug-likeness (QED) is 0.115. The van der Waals surface area contributed by atoms with Crippen molar-refractivity contribution < 1.29 is 39.0 Å². The molecule has 0 aliphatic carbocycles. The summed E-state index contributed by atoms with van der Waals surface area (Å²) in [6, 6.07) is -5.82. The minimum absolute atomic E-state index is 0.0822. The van der Waals surface area contributed by atoms with Gasteiger partial charge in [0.25, 0.3) is 0 Å². The Balaban J connectivity index is 5.46. The average molecular weight is 465 g/mol. The maximum absolute atomic E-state index is 12.5. The highest BCUT2D eigenvalue weighted by molar-refractivity contribution is 7.98. The average Bonchev–Trinajstić information content (AvgIpc) is 2.67. The van der Waals surface area contributed by atoms with Crippen LogP contribution in [0.1, 0.15) is 19.3 Å². The molecule has 176 valence electrons. The van der Waals surface area contributed by atoms with Crippen molar-refractivity contribution in [1.29, 1.82) is 0 Å². The summed E-state index contributed by atoms with van der Waals surface area (Å²) in [7, 11) is 0. The van der Waals surface area contributed by atoms with Crippen LogP contribution in [0.5, 0.6) is 0 Å². The molecule has 0 saturated carbocycles. The molecule has 0 aromatic rings. The molecular weight excluding hydrogens is 436 g/mol. The summed E-state index contributed by atoms with van der Waals surface area (Å²) in [5.41, 5.74) is 15.5. The lowest BCUT2D eigenvalue weighted by Gasteiger charge is -2.24. The number of amides is 5. The van der Waals surface area contributed by atoms with Gasteiger partial charge < -0.3 is 43.4 Å². The molecule has 14 nitrogen and oxygen atoms in total. The smallest absolute Gasteiger partial charge is 0.326 e. The molecule has 4 unspecified atom stereocenters. The maximum atomic E-state index is 12.5. The zero-order chi connectivity index (χ0) is 24.1. The molecule has 0 rings (SSSR count). The number of carboxylic acids is 1. The van der Waals surface area contributed by atoms with E-state index in [1.54, 1.807) is 6.26 Å². The molecule has 0 spiro atoms. The highest BCUT2D eigenvalue weighted by Crippen LogP contribution is 2.04. The third-order valence-corrected chi connectivity index (χ3v) is 4.48. The molecule has 0 aliphatic heterocycles. The second-order valence-corrected chi connectivity index (χ2v) is 7.42. The van der Waals surface area contributed by atoms with E-state index < -0.39 is 79.1 Å². The zero-order valence-electron chi connectivity index (χ0n) is 16.8. The number of aliphatic hydroxyl groups excluding tert-OH is 1. The van der Waals surface area contributed by atoms with Crippen LogP contribution in [0.3, 0.4) is 0 Å². The summed E-state index contributed by atoms with van der Waals surface area (Å²) in [5.74, 6) is -5.90. The summed E-state index contributed by atoms with van der Waals surface area (Å²) in [6.45, 7) is -0.740. The lowest BCUT2D eigenvalue weighted by Crippen LogP contribution is -2.58. The van der Waals surface area contributed by atoms with Crippen LogP contribution in [0.15, 0.2) is 0 Å². The number of aliphatic hydroxyl groups is 1. The van der Waals surface area contributed by atoms with Crippen LogP contribution in [-0.4, -0.2) is 88.5 Å². The van der Waals surface area contributed by atoms with Crippen molar-refractivity contribution in [3.63, 3.8) is 0 Å². The number of carbonyl (C=O) groups is 6. The van der Waals surface area contributed by atoms with E-state index in [0.29, 0.717) is 5.75 Å². The Morgan fingerprint density at radius 2 is 1.26 bits per heavy atom. The summed E-state index contributed by atoms with van der Waals surface area (Å²) in [6.07, 6.45) is 0.470. The van der Waals surface area contributed by atoms with Gasteiger partial charge in [0.05, 0.1) is 19.4 Å². The Kier molecular flexibility index (Phi) is 12.8. The summed E-state index contributed by atoms with van der Waals surface area (Å²) in [5, 5.41) is 24.6. The number of thioether (sulfide) groups is 1. The fourth-order valence-corrected chi connectivity index (χ4v) is 2.69. The van der Waals surface area contributed by atoms with Crippen molar-refractivity contribution in [2.24, 2.45) is 17.2 Å². The van der Waals surface area contributed by atoms with Gasteiger partial charge in [0.1, 0.15) is 24.2 Å². The normalized spacial score (nSPS) is 14.4. The van der Waals surface area contributed by atoms with E-state index in [1.165, 1.54) is 11.8 Å². The minimum atomic E-state index is -1.58. The molecule has 11 N–H and O–H groups in total. The molecule has 5 amide bonds. The molecule has 0 radical (unpaired) electrons.